The second-order valence-corrected chi connectivity index (χ2v) is 6.14. The zero-order valence-electron chi connectivity index (χ0n) is 10.2. The highest BCUT2D eigenvalue weighted by molar-refractivity contribution is 7.11. The lowest BCUT2D eigenvalue weighted by Gasteiger charge is -2.24. The van der Waals surface area contributed by atoms with Crippen molar-refractivity contribution in [3.8, 4) is 0 Å². The number of carbonyl (C=O) groups is 1. The quantitative estimate of drug-likeness (QED) is 0.833. The number of hydrogen-bond donors (Lipinski definition) is 1. The normalized spacial score (nSPS) is 14.9. The maximum atomic E-state index is 11.8. The number of nitrogens with zero attached hydrogens (tertiary/aromatic N) is 2. The van der Waals surface area contributed by atoms with Gasteiger partial charge in [-0.3, -0.25) is 4.90 Å². The van der Waals surface area contributed by atoms with Crippen LogP contribution in [-0.2, 0) is 24.4 Å². The molecule has 1 amide bonds. The van der Waals surface area contributed by atoms with Gasteiger partial charge in [-0.05, 0) is 20.8 Å². The Morgan fingerprint density at radius 3 is 2.76 bits per heavy atom. The van der Waals surface area contributed by atoms with E-state index in [4.69, 9.17) is 9.84 Å². The molecular formula is C11H16N2O3S. The summed E-state index contributed by atoms with van der Waals surface area (Å²) in [7, 11) is 0. The van der Waals surface area contributed by atoms with Gasteiger partial charge in [0.15, 0.2) is 0 Å². The molecule has 2 rings (SSSR count). The molecule has 0 spiro atoms. The van der Waals surface area contributed by atoms with E-state index in [0.717, 1.165) is 10.6 Å². The van der Waals surface area contributed by atoms with Crippen LogP contribution in [0.3, 0.4) is 0 Å². The van der Waals surface area contributed by atoms with Gasteiger partial charge in [-0.15, -0.1) is 11.3 Å². The summed E-state index contributed by atoms with van der Waals surface area (Å²) in [6, 6.07) is 0. The molecule has 17 heavy (non-hydrogen) atoms. The van der Waals surface area contributed by atoms with Crippen LogP contribution in [0.5, 0.6) is 0 Å². The van der Waals surface area contributed by atoms with Gasteiger partial charge in [0.2, 0.25) is 0 Å². The zero-order chi connectivity index (χ0) is 12.6. The molecule has 0 aromatic carbocycles. The van der Waals surface area contributed by atoms with Crippen LogP contribution >= 0.6 is 11.3 Å². The monoisotopic (exact) mass is 256 g/mol. The van der Waals surface area contributed by atoms with Gasteiger partial charge in [0, 0.05) is 4.88 Å². The first kappa shape index (κ1) is 12.3. The van der Waals surface area contributed by atoms with Gasteiger partial charge in [-0.1, -0.05) is 0 Å². The molecular weight excluding hydrogens is 240 g/mol. The Kier molecular flexibility index (Phi) is 3.09. The maximum absolute atomic E-state index is 11.8. The molecule has 94 valence electrons. The molecule has 5 nitrogen and oxygen atoms in total. The van der Waals surface area contributed by atoms with Gasteiger partial charge >= 0.3 is 6.09 Å². The van der Waals surface area contributed by atoms with Gasteiger partial charge in [-0.25, -0.2) is 9.78 Å². The van der Waals surface area contributed by atoms with E-state index < -0.39 is 5.60 Å². The Morgan fingerprint density at radius 2 is 2.24 bits per heavy atom. The van der Waals surface area contributed by atoms with Crippen LogP contribution in [0.25, 0.3) is 0 Å². The molecule has 0 saturated carbocycles. The second-order valence-electron chi connectivity index (χ2n) is 4.97. The van der Waals surface area contributed by atoms with Crippen LogP contribution in [0.15, 0.2) is 0 Å². The number of aliphatic hydroxyl groups is 1. The van der Waals surface area contributed by atoms with Crippen molar-refractivity contribution >= 4 is 17.4 Å². The van der Waals surface area contributed by atoms with Gasteiger partial charge in [-0.2, -0.15) is 0 Å². The highest BCUT2D eigenvalue weighted by atomic mass is 32.1. The molecule has 0 bridgehead atoms. The molecule has 0 atom stereocenters. The van der Waals surface area contributed by atoms with Crippen LogP contribution < -0.4 is 0 Å². The third kappa shape index (κ3) is 2.76. The minimum atomic E-state index is -0.475. The lowest BCUT2D eigenvalue weighted by Crippen LogP contribution is -2.33. The summed E-state index contributed by atoms with van der Waals surface area (Å²) in [5.74, 6) is 0. The van der Waals surface area contributed by atoms with Crippen molar-refractivity contribution in [1.29, 1.82) is 0 Å². The number of thiazole rings is 1. The molecule has 6 heteroatoms. The van der Waals surface area contributed by atoms with E-state index in [1.807, 2.05) is 20.8 Å². The Hall–Kier alpha value is -1.14. The van der Waals surface area contributed by atoms with E-state index in [9.17, 15) is 4.79 Å². The van der Waals surface area contributed by atoms with Crippen LogP contribution in [-0.4, -0.2) is 26.7 Å². The fourth-order valence-corrected chi connectivity index (χ4v) is 2.57. The Labute approximate surface area is 104 Å². The molecule has 2 heterocycles. The third-order valence-electron chi connectivity index (χ3n) is 2.28. The Balaban J connectivity index is 2.00. The molecule has 0 unspecified atom stereocenters. The summed E-state index contributed by atoms with van der Waals surface area (Å²) in [4.78, 5) is 18.7. The SMILES string of the molecule is CC(C)(C)OC(=O)N1Cc2nc(CO)sc2C1. The third-order valence-corrected chi connectivity index (χ3v) is 3.35. The minimum Gasteiger partial charge on any atom is -0.444 e. The number of carbonyl (C=O) groups excluding carboxylic acids is 1. The van der Waals surface area contributed by atoms with Gasteiger partial charge in [0.25, 0.3) is 0 Å². The average Bonchev–Trinajstić information content (AvgIpc) is 2.70. The predicted molar refractivity (Wildman–Crippen MR) is 63.5 cm³/mol. The molecule has 0 saturated heterocycles. The van der Waals surface area contributed by atoms with Crippen LogP contribution in [0.1, 0.15) is 36.3 Å². The number of aliphatic hydroxyl groups excluding tert-OH is 1. The lowest BCUT2D eigenvalue weighted by atomic mass is 10.2. The summed E-state index contributed by atoms with van der Waals surface area (Å²) in [5.41, 5.74) is 0.404. The van der Waals surface area contributed by atoms with Crippen molar-refractivity contribution in [2.45, 2.75) is 46.1 Å². The number of rotatable bonds is 1. The first-order chi connectivity index (χ1) is 7.89. The largest absolute Gasteiger partial charge is 0.444 e. The van der Waals surface area contributed by atoms with Crippen LogP contribution in [0.4, 0.5) is 4.79 Å². The van der Waals surface area contributed by atoms with Crippen molar-refractivity contribution in [3.05, 3.63) is 15.6 Å². The highest BCUT2D eigenvalue weighted by Gasteiger charge is 2.30. The lowest BCUT2D eigenvalue weighted by molar-refractivity contribution is 0.0241. The van der Waals surface area contributed by atoms with E-state index in [1.54, 1.807) is 4.90 Å². The van der Waals surface area contributed by atoms with Crippen LogP contribution in [0, 0.1) is 0 Å². The van der Waals surface area contributed by atoms with Crippen molar-refractivity contribution < 1.29 is 14.6 Å². The summed E-state index contributed by atoms with van der Waals surface area (Å²) in [6.45, 7) is 6.50. The molecule has 0 radical (unpaired) electrons. The maximum Gasteiger partial charge on any atom is 0.410 e. The van der Waals surface area contributed by atoms with Crippen molar-refractivity contribution in [2.24, 2.45) is 0 Å². The summed E-state index contributed by atoms with van der Waals surface area (Å²) in [6.07, 6.45) is -0.312. The first-order valence-corrected chi connectivity index (χ1v) is 6.27. The molecule has 1 N–H and O–H groups in total. The average molecular weight is 256 g/mol. The zero-order valence-corrected chi connectivity index (χ0v) is 11.0. The fourth-order valence-electron chi connectivity index (χ4n) is 1.62. The van der Waals surface area contributed by atoms with E-state index in [-0.39, 0.29) is 12.7 Å². The van der Waals surface area contributed by atoms with Crippen LogP contribution in [0.2, 0.25) is 0 Å². The number of fused-ring (bicyclic) bond motifs is 1. The minimum absolute atomic E-state index is 0.0376. The summed E-state index contributed by atoms with van der Waals surface area (Å²) in [5, 5.41) is 9.67. The predicted octanol–water partition coefficient (Wildman–Crippen LogP) is 1.89. The van der Waals surface area contributed by atoms with Crippen molar-refractivity contribution in [2.75, 3.05) is 0 Å². The molecule has 1 aromatic heterocycles. The van der Waals surface area contributed by atoms with Crippen molar-refractivity contribution in [3.63, 3.8) is 0 Å². The highest BCUT2D eigenvalue weighted by Crippen LogP contribution is 2.29. The molecule has 1 aromatic rings. The van der Waals surface area contributed by atoms with E-state index >= 15 is 0 Å². The van der Waals surface area contributed by atoms with E-state index in [0.29, 0.717) is 18.1 Å². The number of ether oxygens (including phenoxy) is 1. The molecule has 1 aliphatic heterocycles. The topological polar surface area (TPSA) is 62.7 Å². The molecule has 0 aliphatic carbocycles. The van der Waals surface area contributed by atoms with Gasteiger partial charge in [0.1, 0.15) is 10.6 Å². The first-order valence-electron chi connectivity index (χ1n) is 5.45. The number of aromatic nitrogens is 1. The number of amides is 1. The van der Waals surface area contributed by atoms with Crippen molar-refractivity contribution in [1.82, 2.24) is 9.88 Å². The molecule has 0 fully saturated rings. The van der Waals surface area contributed by atoms with E-state index in [1.165, 1.54) is 11.3 Å². The van der Waals surface area contributed by atoms with E-state index in [2.05, 4.69) is 4.98 Å². The fraction of sp³-hybridized carbons (Fsp3) is 0.636. The van der Waals surface area contributed by atoms with Gasteiger partial charge in [0.05, 0.1) is 25.4 Å². The summed E-state index contributed by atoms with van der Waals surface area (Å²) >= 11 is 1.45. The number of hydrogen-bond acceptors (Lipinski definition) is 5. The summed E-state index contributed by atoms with van der Waals surface area (Å²) < 4.78 is 5.29. The second kappa shape index (κ2) is 4.27. The van der Waals surface area contributed by atoms with Gasteiger partial charge < -0.3 is 9.84 Å². The smallest absolute Gasteiger partial charge is 0.410 e. The Morgan fingerprint density at radius 1 is 1.53 bits per heavy atom. The molecule has 1 aliphatic rings. The standard InChI is InChI=1S/C11H16N2O3S/c1-11(2,3)16-10(15)13-4-7-8(5-13)17-9(6-14)12-7/h14H,4-6H2,1-3H3. The Bertz CT molecular complexity index is 413.